The van der Waals surface area contributed by atoms with E-state index >= 15 is 0 Å². The number of hydrogen-bond acceptors (Lipinski definition) is 3. The highest BCUT2D eigenvalue weighted by atomic mass is 35.5. The third kappa shape index (κ3) is 3.99. The zero-order valence-electron chi connectivity index (χ0n) is 14.9. The lowest BCUT2D eigenvalue weighted by molar-refractivity contribution is 0.101. The maximum atomic E-state index is 11.5. The lowest BCUT2D eigenvalue weighted by Crippen LogP contribution is -2.26. The molecule has 0 spiro atoms. The Kier molecular flexibility index (Phi) is 4.53. The molecular weight excluding hydrogens is 332 g/mol. The first kappa shape index (κ1) is 17.4. The van der Waals surface area contributed by atoms with E-state index in [1.165, 1.54) is 0 Å². The highest BCUT2D eigenvalue weighted by Gasteiger charge is 2.15. The van der Waals surface area contributed by atoms with Crippen LogP contribution < -0.4 is 5.32 Å². The van der Waals surface area contributed by atoms with Crippen molar-refractivity contribution in [1.29, 1.82) is 0 Å². The van der Waals surface area contributed by atoms with E-state index in [1.807, 2.05) is 48.5 Å². The lowest BCUT2D eigenvalue weighted by atomic mass is 10.0. The number of anilines is 1. The number of carbonyl (C=O) groups excluding carboxylic acids is 1. The minimum absolute atomic E-state index is 0.0555. The molecule has 128 valence electrons. The van der Waals surface area contributed by atoms with Crippen LogP contribution in [0.15, 0.2) is 48.5 Å². The summed E-state index contributed by atoms with van der Waals surface area (Å²) in [5, 5.41) is 6.23. The van der Waals surface area contributed by atoms with Gasteiger partial charge in [0.1, 0.15) is 5.82 Å². The first-order valence-corrected chi connectivity index (χ1v) is 8.61. The molecule has 1 aromatic heterocycles. The average molecular weight is 353 g/mol. The van der Waals surface area contributed by atoms with Crippen LogP contribution in [-0.2, 0) is 0 Å². The van der Waals surface area contributed by atoms with Gasteiger partial charge in [0.2, 0.25) is 0 Å². The highest BCUT2D eigenvalue weighted by molar-refractivity contribution is 6.31. The van der Waals surface area contributed by atoms with Crippen molar-refractivity contribution >= 4 is 34.0 Å². The Labute approximate surface area is 153 Å². The van der Waals surface area contributed by atoms with Crippen molar-refractivity contribution < 1.29 is 4.79 Å². The van der Waals surface area contributed by atoms with Crippen molar-refractivity contribution in [3.63, 3.8) is 0 Å². The molecule has 0 aliphatic heterocycles. The number of aromatic nitrogens is 1. The van der Waals surface area contributed by atoms with E-state index in [1.54, 1.807) is 6.92 Å². The lowest BCUT2D eigenvalue weighted by Gasteiger charge is -2.23. The molecule has 0 aliphatic rings. The molecule has 0 radical (unpaired) electrons. The van der Waals surface area contributed by atoms with Gasteiger partial charge in [0, 0.05) is 27.1 Å². The van der Waals surface area contributed by atoms with Crippen molar-refractivity contribution in [2.24, 2.45) is 0 Å². The predicted molar refractivity (Wildman–Crippen MR) is 106 cm³/mol. The molecule has 0 unspecified atom stereocenters. The number of nitrogens with zero attached hydrogens (tertiary/aromatic N) is 1. The van der Waals surface area contributed by atoms with E-state index < -0.39 is 0 Å². The van der Waals surface area contributed by atoms with Gasteiger partial charge >= 0.3 is 0 Å². The number of ketones is 1. The minimum atomic E-state index is -0.114. The Morgan fingerprint density at radius 2 is 1.72 bits per heavy atom. The summed E-state index contributed by atoms with van der Waals surface area (Å²) >= 11 is 6.18. The number of fused-ring (bicyclic) bond motifs is 1. The summed E-state index contributed by atoms with van der Waals surface area (Å²) in [6.07, 6.45) is 0. The molecule has 0 amide bonds. The number of Topliss-reactive ketones (excluding diaryl/α,β-unsaturated/α-hetero) is 1. The third-order valence-corrected chi connectivity index (χ3v) is 4.11. The summed E-state index contributed by atoms with van der Waals surface area (Å²) in [7, 11) is 0. The van der Waals surface area contributed by atoms with Gasteiger partial charge in [-0.05, 0) is 57.3 Å². The smallest absolute Gasteiger partial charge is 0.159 e. The van der Waals surface area contributed by atoms with Crippen molar-refractivity contribution in [3.8, 4) is 11.3 Å². The Hall–Kier alpha value is -2.39. The van der Waals surface area contributed by atoms with Gasteiger partial charge in [-0.25, -0.2) is 4.98 Å². The van der Waals surface area contributed by atoms with Gasteiger partial charge in [0.15, 0.2) is 5.78 Å². The molecular formula is C21H21ClN2O. The minimum Gasteiger partial charge on any atom is -0.365 e. The van der Waals surface area contributed by atoms with Gasteiger partial charge in [-0.15, -0.1) is 0 Å². The summed E-state index contributed by atoms with van der Waals surface area (Å²) in [5.74, 6) is 0.882. The van der Waals surface area contributed by atoms with Gasteiger partial charge in [0.05, 0.1) is 5.69 Å². The summed E-state index contributed by atoms with van der Waals surface area (Å²) < 4.78 is 0. The van der Waals surface area contributed by atoms with E-state index in [2.05, 4.69) is 26.1 Å². The number of carbonyl (C=O) groups is 1. The highest BCUT2D eigenvalue weighted by Crippen LogP contribution is 2.31. The van der Waals surface area contributed by atoms with E-state index in [9.17, 15) is 4.79 Å². The topological polar surface area (TPSA) is 42.0 Å². The van der Waals surface area contributed by atoms with Gasteiger partial charge in [-0.2, -0.15) is 0 Å². The van der Waals surface area contributed by atoms with Crippen LogP contribution in [0.2, 0.25) is 5.02 Å². The number of benzene rings is 2. The van der Waals surface area contributed by atoms with Crippen LogP contribution in [0.3, 0.4) is 0 Å². The molecule has 0 atom stereocenters. The molecule has 0 fully saturated rings. The van der Waals surface area contributed by atoms with Crippen LogP contribution in [0.5, 0.6) is 0 Å². The fourth-order valence-corrected chi connectivity index (χ4v) is 2.88. The Morgan fingerprint density at radius 1 is 1.04 bits per heavy atom. The number of halogens is 1. The quantitative estimate of drug-likeness (QED) is 0.590. The zero-order valence-corrected chi connectivity index (χ0v) is 15.6. The second kappa shape index (κ2) is 6.49. The first-order chi connectivity index (χ1) is 11.7. The third-order valence-electron chi connectivity index (χ3n) is 3.87. The molecule has 3 nitrogen and oxygen atoms in total. The molecule has 0 aliphatic carbocycles. The van der Waals surface area contributed by atoms with Crippen LogP contribution in [-0.4, -0.2) is 16.3 Å². The van der Waals surface area contributed by atoms with E-state index in [0.717, 1.165) is 27.8 Å². The first-order valence-electron chi connectivity index (χ1n) is 8.23. The van der Waals surface area contributed by atoms with Crippen molar-refractivity contribution in [1.82, 2.24) is 4.98 Å². The van der Waals surface area contributed by atoms with Crippen LogP contribution >= 0.6 is 11.6 Å². The summed E-state index contributed by atoms with van der Waals surface area (Å²) in [5.41, 5.74) is 2.39. The van der Waals surface area contributed by atoms with Crippen molar-refractivity contribution in [2.75, 3.05) is 5.32 Å². The molecule has 1 heterocycles. The van der Waals surface area contributed by atoms with Gasteiger partial charge in [-0.3, -0.25) is 4.79 Å². The van der Waals surface area contributed by atoms with E-state index in [-0.39, 0.29) is 11.3 Å². The number of nitrogens with one attached hydrogen (secondary N) is 1. The SMILES string of the molecule is CC(=O)c1ccc(-c2cc3cc(Cl)ccc3c(NC(C)(C)C)n2)cc1. The van der Waals surface area contributed by atoms with Gasteiger partial charge in [0.25, 0.3) is 0 Å². The normalized spacial score (nSPS) is 11.6. The van der Waals surface area contributed by atoms with Crippen LogP contribution in [0.1, 0.15) is 38.1 Å². The van der Waals surface area contributed by atoms with Crippen LogP contribution in [0.4, 0.5) is 5.82 Å². The van der Waals surface area contributed by atoms with E-state index in [4.69, 9.17) is 16.6 Å². The number of pyridine rings is 1. The molecule has 0 saturated heterocycles. The molecule has 25 heavy (non-hydrogen) atoms. The summed E-state index contributed by atoms with van der Waals surface area (Å²) in [4.78, 5) is 16.3. The predicted octanol–water partition coefficient (Wildman–Crippen LogP) is 5.97. The van der Waals surface area contributed by atoms with Crippen molar-refractivity contribution in [3.05, 3.63) is 59.1 Å². The summed E-state index contributed by atoms with van der Waals surface area (Å²) in [6, 6.07) is 15.4. The van der Waals surface area contributed by atoms with Crippen molar-refractivity contribution in [2.45, 2.75) is 33.2 Å². The van der Waals surface area contributed by atoms with Crippen LogP contribution in [0.25, 0.3) is 22.0 Å². The fourth-order valence-electron chi connectivity index (χ4n) is 2.70. The monoisotopic (exact) mass is 352 g/mol. The molecule has 3 rings (SSSR count). The van der Waals surface area contributed by atoms with Gasteiger partial charge in [-0.1, -0.05) is 35.9 Å². The van der Waals surface area contributed by atoms with Gasteiger partial charge < -0.3 is 5.32 Å². The largest absolute Gasteiger partial charge is 0.365 e. The molecule has 0 saturated carbocycles. The number of hydrogen-bond donors (Lipinski definition) is 1. The second-order valence-corrected chi connectivity index (χ2v) is 7.67. The second-order valence-electron chi connectivity index (χ2n) is 7.23. The zero-order chi connectivity index (χ0) is 18.2. The molecule has 4 heteroatoms. The molecule has 2 aromatic carbocycles. The standard InChI is InChI=1S/C21H21ClN2O/c1-13(25)14-5-7-15(8-6-14)19-12-16-11-17(22)9-10-18(16)20(23-19)24-21(2,3)4/h5-12H,1-4H3,(H,23,24). The Balaban J connectivity index is 2.16. The Morgan fingerprint density at radius 3 is 2.32 bits per heavy atom. The Bertz CT molecular complexity index is 941. The fraction of sp³-hybridized carbons (Fsp3) is 0.238. The van der Waals surface area contributed by atoms with E-state index in [0.29, 0.717) is 10.6 Å². The number of rotatable bonds is 3. The molecule has 1 N–H and O–H groups in total. The van der Waals surface area contributed by atoms with Crippen LogP contribution in [0, 0.1) is 0 Å². The summed E-state index contributed by atoms with van der Waals surface area (Å²) in [6.45, 7) is 7.87. The molecule has 0 bridgehead atoms. The molecule has 3 aromatic rings. The average Bonchev–Trinajstić information content (AvgIpc) is 2.53. The maximum Gasteiger partial charge on any atom is 0.159 e. The maximum absolute atomic E-state index is 11.5.